The number of aromatic amines is 2. The highest BCUT2D eigenvalue weighted by Crippen LogP contribution is 1.68. The van der Waals surface area contributed by atoms with Gasteiger partial charge >= 0.3 is 5.69 Å². The van der Waals surface area contributed by atoms with E-state index in [-0.39, 0.29) is 5.69 Å². The summed E-state index contributed by atoms with van der Waals surface area (Å²) in [6.07, 6.45) is -0.417. The fourth-order valence-electron chi connectivity index (χ4n) is 0.355. The Morgan fingerprint density at radius 2 is 2.00 bits per heavy atom. The Morgan fingerprint density at radius 3 is 2.09 bits per heavy atom. The van der Waals surface area contributed by atoms with E-state index in [9.17, 15) is 9.90 Å². The van der Waals surface area contributed by atoms with E-state index in [0.29, 0.717) is 5.82 Å². The van der Waals surface area contributed by atoms with Gasteiger partial charge in [0.1, 0.15) is 5.82 Å². The van der Waals surface area contributed by atoms with Crippen molar-refractivity contribution in [2.75, 3.05) is 0 Å². The van der Waals surface area contributed by atoms with Crippen molar-refractivity contribution in [3.8, 4) is 0 Å². The third-order valence-corrected chi connectivity index (χ3v) is 0.620. The van der Waals surface area contributed by atoms with Gasteiger partial charge < -0.3 is 5.11 Å². The van der Waals surface area contributed by atoms with Gasteiger partial charge in [0.05, 0.1) is 0 Å². The smallest absolute Gasteiger partial charge is 0.340 e. The van der Waals surface area contributed by atoms with Crippen molar-refractivity contribution < 1.29 is 5.11 Å². The van der Waals surface area contributed by atoms with Crippen LogP contribution in [0, 0.1) is 6.92 Å². The van der Waals surface area contributed by atoms with Crippen LogP contribution in [0.3, 0.4) is 0 Å². The normalized spacial score (nSPS) is 9.18. The molecule has 5 heteroatoms. The molecule has 5 nitrogen and oxygen atoms in total. The van der Waals surface area contributed by atoms with Gasteiger partial charge in [0, 0.05) is 0 Å². The molecule has 0 fully saturated rings. The molecule has 0 saturated heterocycles. The molecule has 0 aromatic carbocycles. The number of nitrogens with one attached hydrogen (secondary N) is 2. The molecule has 1 aromatic heterocycles. The minimum Gasteiger partial charge on any atom is -0.852 e. The van der Waals surface area contributed by atoms with E-state index < -0.39 is 6.10 Å². The van der Waals surface area contributed by atoms with Crippen LogP contribution in [-0.4, -0.2) is 21.3 Å². The van der Waals surface area contributed by atoms with Crippen molar-refractivity contribution in [1.82, 2.24) is 15.2 Å². The molecule has 11 heavy (non-hydrogen) atoms. The lowest BCUT2D eigenvalue weighted by molar-refractivity contribution is -0.407. The molecule has 0 saturated carbocycles. The van der Waals surface area contributed by atoms with Gasteiger partial charge in [-0.2, -0.15) is 5.10 Å². The summed E-state index contributed by atoms with van der Waals surface area (Å²) in [7, 11) is 0. The maximum atomic E-state index is 10.1. The summed E-state index contributed by atoms with van der Waals surface area (Å²) in [4.78, 5) is 12.5. The third kappa shape index (κ3) is 6.79. The van der Waals surface area contributed by atoms with Crippen LogP contribution in [0.25, 0.3) is 0 Å². The fourth-order valence-corrected chi connectivity index (χ4v) is 0.355. The molecule has 1 aromatic rings. The van der Waals surface area contributed by atoms with Crippen molar-refractivity contribution in [2.45, 2.75) is 26.9 Å². The van der Waals surface area contributed by atoms with Gasteiger partial charge in [0.15, 0.2) is 0 Å². The Labute approximate surface area is 64.5 Å². The van der Waals surface area contributed by atoms with Crippen LogP contribution in [-0.2, 0) is 0 Å². The van der Waals surface area contributed by atoms with Crippen molar-refractivity contribution >= 4 is 0 Å². The van der Waals surface area contributed by atoms with Crippen molar-refractivity contribution in [3.05, 3.63) is 16.3 Å². The van der Waals surface area contributed by atoms with E-state index in [1.165, 1.54) is 0 Å². The molecule has 0 amide bonds. The lowest BCUT2D eigenvalue weighted by Crippen LogP contribution is -2.14. The first-order chi connectivity index (χ1) is 5.02. The minimum atomic E-state index is -0.417. The standard InChI is InChI=1S/C3H5N3O.C3H7O/c1-2-4-3(7)6-5-2;1-3(2)4/h1H3,(H2,4,5,6,7);3H,1-2H3/q;-1. The second-order valence-electron chi connectivity index (χ2n) is 2.31. The van der Waals surface area contributed by atoms with Crippen LogP contribution in [0.4, 0.5) is 0 Å². The minimum absolute atomic E-state index is 0.252. The topological polar surface area (TPSA) is 84.6 Å². The summed E-state index contributed by atoms with van der Waals surface area (Å²) in [5.41, 5.74) is -0.252. The molecule has 0 radical (unpaired) electrons. The molecule has 0 spiro atoms. The van der Waals surface area contributed by atoms with Crippen LogP contribution < -0.4 is 10.8 Å². The number of hydrogen-bond acceptors (Lipinski definition) is 3. The van der Waals surface area contributed by atoms with Crippen LogP contribution in [0.15, 0.2) is 4.79 Å². The first-order valence-electron chi connectivity index (χ1n) is 3.29. The van der Waals surface area contributed by atoms with E-state index in [2.05, 4.69) is 15.2 Å². The van der Waals surface area contributed by atoms with Crippen molar-refractivity contribution in [2.24, 2.45) is 0 Å². The quantitative estimate of drug-likeness (QED) is 0.516. The molecule has 1 heterocycles. The SMILES string of the molecule is CC(C)[O-].Cc1n[nH]c(=O)[nH]1. The van der Waals surface area contributed by atoms with Gasteiger partial charge in [-0.05, 0) is 6.92 Å². The van der Waals surface area contributed by atoms with Crippen molar-refractivity contribution in [1.29, 1.82) is 0 Å². The molecule has 64 valence electrons. The molecule has 1 rings (SSSR count). The molecular weight excluding hydrogens is 146 g/mol. The summed E-state index contributed by atoms with van der Waals surface area (Å²) in [6, 6.07) is 0. The van der Waals surface area contributed by atoms with Gasteiger partial charge in [-0.3, -0.25) is 4.98 Å². The van der Waals surface area contributed by atoms with E-state index in [1.54, 1.807) is 20.8 Å². The largest absolute Gasteiger partial charge is 0.852 e. The van der Waals surface area contributed by atoms with Gasteiger partial charge in [-0.25, -0.2) is 9.89 Å². The average Bonchev–Trinajstić information content (AvgIpc) is 2.13. The summed E-state index contributed by atoms with van der Waals surface area (Å²) in [5.74, 6) is 0.616. The van der Waals surface area contributed by atoms with E-state index in [1.807, 2.05) is 0 Å². The highest BCUT2D eigenvalue weighted by atomic mass is 16.3. The first kappa shape index (κ1) is 9.90. The van der Waals surface area contributed by atoms with Crippen LogP contribution >= 0.6 is 0 Å². The van der Waals surface area contributed by atoms with Crippen LogP contribution in [0.1, 0.15) is 19.7 Å². The Morgan fingerprint density at radius 1 is 1.55 bits per heavy atom. The zero-order valence-corrected chi connectivity index (χ0v) is 6.84. The predicted octanol–water partition coefficient (Wildman–Crippen LogP) is -0.838. The highest BCUT2D eigenvalue weighted by Gasteiger charge is 1.82. The summed E-state index contributed by atoms with van der Waals surface area (Å²) in [6.45, 7) is 4.93. The zero-order chi connectivity index (χ0) is 8.85. The number of aromatic nitrogens is 3. The summed E-state index contributed by atoms with van der Waals surface area (Å²) < 4.78 is 0. The lowest BCUT2D eigenvalue weighted by Gasteiger charge is -2.02. The summed E-state index contributed by atoms with van der Waals surface area (Å²) >= 11 is 0. The summed E-state index contributed by atoms with van der Waals surface area (Å²) in [5, 5.41) is 15.3. The Hall–Kier alpha value is -1.10. The Bertz CT molecular complexity index is 235. The van der Waals surface area contributed by atoms with Gasteiger partial charge in [0.2, 0.25) is 0 Å². The molecule has 0 atom stereocenters. The van der Waals surface area contributed by atoms with E-state index >= 15 is 0 Å². The highest BCUT2D eigenvalue weighted by molar-refractivity contribution is 4.71. The van der Waals surface area contributed by atoms with Crippen LogP contribution in [0.5, 0.6) is 0 Å². The molecule has 2 N–H and O–H groups in total. The Balaban J connectivity index is 0.000000218. The second kappa shape index (κ2) is 4.68. The number of nitrogens with zero attached hydrogens (tertiary/aromatic N) is 1. The number of H-pyrrole nitrogens is 2. The molecular formula is C6H12N3O2-. The maximum Gasteiger partial charge on any atom is 0.340 e. The number of rotatable bonds is 0. The monoisotopic (exact) mass is 158 g/mol. The fraction of sp³-hybridized carbons (Fsp3) is 0.667. The van der Waals surface area contributed by atoms with Gasteiger partial charge in [-0.15, -0.1) is 6.10 Å². The molecule has 0 aliphatic heterocycles. The number of aryl methyl sites for hydroxylation is 1. The molecule has 0 aliphatic rings. The molecule has 0 aliphatic carbocycles. The zero-order valence-electron chi connectivity index (χ0n) is 6.84. The molecule has 0 unspecified atom stereocenters. The average molecular weight is 158 g/mol. The molecule has 0 bridgehead atoms. The predicted molar refractivity (Wildman–Crippen MR) is 39.1 cm³/mol. The third-order valence-electron chi connectivity index (χ3n) is 0.620. The lowest BCUT2D eigenvalue weighted by atomic mass is 10.5. The second-order valence-corrected chi connectivity index (χ2v) is 2.31. The van der Waals surface area contributed by atoms with Crippen LogP contribution in [0.2, 0.25) is 0 Å². The van der Waals surface area contributed by atoms with E-state index in [4.69, 9.17) is 0 Å². The maximum absolute atomic E-state index is 10.1. The Kier molecular flexibility index (Phi) is 4.21. The van der Waals surface area contributed by atoms with Crippen molar-refractivity contribution in [3.63, 3.8) is 0 Å². The van der Waals surface area contributed by atoms with Gasteiger partial charge in [0.25, 0.3) is 0 Å². The number of hydrogen-bond donors (Lipinski definition) is 2. The first-order valence-corrected chi connectivity index (χ1v) is 3.29. The van der Waals surface area contributed by atoms with E-state index in [0.717, 1.165) is 0 Å². The van der Waals surface area contributed by atoms with Gasteiger partial charge in [-0.1, -0.05) is 13.8 Å².